The minimum Gasteiger partial charge on any atom is -0.619 e. The van der Waals surface area contributed by atoms with Gasteiger partial charge in [-0.05, 0) is 92.6 Å². The maximum atomic E-state index is 13.9. The zero-order valence-corrected chi connectivity index (χ0v) is 32.9. The molecule has 3 aromatic carbocycles. The first-order valence-electron chi connectivity index (χ1n) is 18.9. The number of alkyl halides is 2. The number of hydrogen-bond acceptors (Lipinski definition) is 10. The summed E-state index contributed by atoms with van der Waals surface area (Å²) < 4.78 is 55.3. The molecule has 306 valence electrons. The van der Waals surface area contributed by atoms with E-state index >= 15 is 0 Å². The molecule has 4 fully saturated rings. The van der Waals surface area contributed by atoms with Gasteiger partial charge in [-0.2, -0.15) is 13.5 Å². The molecule has 1 saturated carbocycles. The molecule has 4 aliphatic rings. The van der Waals surface area contributed by atoms with Gasteiger partial charge in [0.25, 0.3) is 5.91 Å². The molecule has 16 heteroatoms. The van der Waals surface area contributed by atoms with E-state index in [4.69, 9.17) is 46.9 Å². The van der Waals surface area contributed by atoms with Crippen LogP contribution in [0.1, 0.15) is 75.2 Å². The maximum Gasteiger partial charge on any atom is 0.387 e. The number of fused-ring (bicyclic) bond motifs is 3. The SMILES string of the molecule is COc1ccccc1C(NC(=O)c1cccc(C(=O)OC(Cc2c(Cl)c[n+]([O-])cc2Cl)c2ccc(OC(F)F)c(OCC3CC3)c2)c1)C(=O)O[C@H]1CN2CCC1CC2. The lowest BCUT2D eigenvalue weighted by atomic mass is 9.86. The van der Waals surface area contributed by atoms with E-state index in [0.717, 1.165) is 51.2 Å². The molecule has 3 atom stereocenters. The predicted octanol–water partition coefficient (Wildman–Crippen LogP) is 7.27. The number of aromatic nitrogens is 1. The number of piperidine rings is 3. The van der Waals surface area contributed by atoms with Gasteiger partial charge in [-0.3, -0.25) is 9.69 Å². The second kappa shape index (κ2) is 18.2. The van der Waals surface area contributed by atoms with E-state index in [1.165, 1.54) is 49.6 Å². The van der Waals surface area contributed by atoms with Crippen LogP contribution in [0.5, 0.6) is 17.2 Å². The first-order valence-corrected chi connectivity index (χ1v) is 19.7. The molecule has 0 spiro atoms. The number of para-hydroxylation sites is 1. The van der Waals surface area contributed by atoms with E-state index in [9.17, 15) is 28.4 Å². The Morgan fingerprint density at radius 2 is 1.64 bits per heavy atom. The highest BCUT2D eigenvalue weighted by Crippen LogP contribution is 2.38. The van der Waals surface area contributed by atoms with Crippen molar-refractivity contribution in [2.45, 2.75) is 57.0 Å². The van der Waals surface area contributed by atoms with E-state index in [-0.39, 0.29) is 69.2 Å². The first kappa shape index (κ1) is 41.0. The summed E-state index contributed by atoms with van der Waals surface area (Å²) in [5.41, 5.74) is 1.02. The molecule has 0 radical (unpaired) electrons. The number of rotatable bonds is 16. The molecule has 1 N–H and O–H groups in total. The van der Waals surface area contributed by atoms with Gasteiger partial charge in [-0.25, -0.2) is 9.59 Å². The zero-order valence-electron chi connectivity index (χ0n) is 31.4. The molecular weight excluding hydrogens is 799 g/mol. The average molecular weight is 841 g/mol. The molecule has 2 unspecified atom stereocenters. The van der Waals surface area contributed by atoms with E-state index < -0.39 is 36.6 Å². The number of amides is 1. The van der Waals surface area contributed by atoms with Crippen LogP contribution in [0.4, 0.5) is 8.78 Å². The lowest BCUT2D eigenvalue weighted by Crippen LogP contribution is -2.52. The van der Waals surface area contributed by atoms with Crippen molar-refractivity contribution >= 4 is 41.0 Å². The lowest BCUT2D eigenvalue weighted by Gasteiger charge is -2.44. The van der Waals surface area contributed by atoms with Gasteiger partial charge in [0.1, 0.15) is 28.0 Å². The Morgan fingerprint density at radius 1 is 0.914 bits per heavy atom. The van der Waals surface area contributed by atoms with Gasteiger partial charge >= 0.3 is 18.6 Å². The Bertz CT molecular complexity index is 2130. The molecule has 3 saturated heterocycles. The maximum absolute atomic E-state index is 13.9. The third kappa shape index (κ3) is 9.91. The number of hydrogen-bond donors (Lipinski definition) is 1. The highest BCUT2D eigenvalue weighted by Gasteiger charge is 2.39. The minimum atomic E-state index is -3.12. The number of nitrogens with one attached hydrogen (secondary N) is 1. The fourth-order valence-corrected chi connectivity index (χ4v) is 7.89. The van der Waals surface area contributed by atoms with Crippen LogP contribution in [0.3, 0.4) is 0 Å². The summed E-state index contributed by atoms with van der Waals surface area (Å²) in [6, 6.07) is 15.5. The third-order valence-electron chi connectivity index (χ3n) is 10.6. The fraction of sp³-hybridized carbons (Fsp3) is 0.381. The molecular formula is C42H41Cl2F2N3O9. The first-order chi connectivity index (χ1) is 27.9. The van der Waals surface area contributed by atoms with Crippen LogP contribution >= 0.6 is 23.2 Å². The third-order valence-corrected chi connectivity index (χ3v) is 11.3. The number of carbonyl (C=O) groups is 3. The van der Waals surface area contributed by atoms with Crippen molar-refractivity contribution in [3.63, 3.8) is 0 Å². The number of halogens is 4. The highest BCUT2D eigenvalue weighted by atomic mass is 35.5. The summed E-state index contributed by atoms with van der Waals surface area (Å²) in [7, 11) is 1.46. The molecule has 12 nitrogen and oxygen atoms in total. The Kier molecular flexibility index (Phi) is 12.8. The molecule has 2 bridgehead atoms. The van der Waals surface area contributed by atoms with E-state index in [0.29, 0.717) is 28.2 Å². The Labute approximate surface area is 343 Å². The summed E-state index contributed by atoms with van der Waals surface area (Å²) in [5, 5.41) is 14.8. The molecule has 3 aliphatic heterocycles. The lowest BCUT2D eigenvalue weighted by molar-refractivity contribution is -0.605. The van der Waals surface area contributed by atoms with E-state index in [1.807, 2.05) is 0 Å². The normalized spacial score (nSPS) is 19.5. The van der Waals surface area contributed by atoms with Gasteiger partial charge in [0.2, 0.25) is 0 Å². The summed E-state index contributed by atoms with van der Waals surface area (Å²) in [6.07, 6.45) is 4.32. The number of esters is 2. The van der Waals surface area contributed by atoms with Crippen LogP contribution in [0.15, 0.2) is 79.1 Å². The fourth-order valence-electron chi connectivity index (χ4n) is 7.29. The van der Waals surface area contributed by atoms with Crippen molar-refractivity contribution in [2.24, 2.45) is 11.8 Å². The second-order valence-electron chi connectivity index (χ2n) is 14.6. The van der Waals surface area contributed by atoms with Crippen molar-refractivity contribution in [1.29, 1.82) is 0 Å². The van der Waals surface area contributed by atoms with E-state index in [1.54, 1.807) is 24.3 Å². The van der Waals surface area contributed by atoms with Crippen LogP contribution in [0.25, 0.3) is 0 Å². The number of ether oxygens (including phenoxy) is 5. The number of methoxy groups -OCH3 is 1. The van der Waals surface area contributed by atoms with Crippen LogP contribution < -0.4 is 24.3 Å². The monoisotopic (exact) mass is 839 g/mol. The quantitative estimate of drug-likeness (QED) is 0.0696. The highest BCUT2D eigenvalue weighted by molar-refractivity contribution is 6.35. The molecule has 4 heterocycles. The second-order valence-corrected chi connectivity index (χ2v) is 15.4. The minimum absolute atomic E-state index is 0.00158. The van der Waals surface area contributed by atoms with Gasteiger partial charge in [0.05, 0.1) is 19.3 Å². The molecule has 4 aromatic rings. The summed E-state index contributed by atoms with van der Waals surface area (Å²) >= 11 is 12.8. The summed E-state index contributed by atoms with van der Waals surface area (Å²) in [6.45, 7) is -0.305. The van der Waals surface area contributed by atoms with Crippen LogP contribution in [0, 0.1) is 17.0 Å². The predicted molar refractivity (Wildman–Crippen MR) is 207 cm³/mol. The molecule has 1 aromatic heterocycles. The Hall–Kier alpha value is -5.18. The average Bonchev–Trinajstić information content (AvgIpc) is 4.05. The number of benzene rings is 3. The van der Waals surface area contributed by atoms with Crippen molar-refractivity contribution in [3.05, 3.63) is 122 Å². The number of carbonyl (C=O) groups excluding carboxylic acids is 3. The van der Waals surface area contributed by atoms with Crippen molar-refractivity contribution in [3.8, 4) is 17.2 Å². The molecule has 58 heavy (non-hydrogen) atoms. The van der Waals surface area contributed by atoms with Crippen LogP contribution in [-0.2, 0) is 20.7 Å². The number of nitrogens with zero attached hydrogens (tertiary/aromatic N) is 2. The van der Waals surface area contributed by atoms with Gasteiger partial charge in [0.15, 0.2) is 29.9 Å². The Balaban J connectivity index is 1.14. The van der Waals surface area contributed by atoms with Gasteiger partial charge in [-0.15, -0.1) is 0 Å². The van der Waals surface area contributed by atoms with Crippen molar-refractivity contribution in [2.75, 3.05) is 33.4 Å². The van der Waals surface area contributed by atoms with Crippen molar-refractivity contribution < 1.29 is 51.6 Å². The Morgan fingerprint density at radius 3 is 2.31 bits per heavy atom. The standard InChI is InChI=1S/C42H41Cl2F2N3O9/c1-54-33-8-3-2-7-29(33)38(41(52)57-37-22-48-15-13-25(37)14-16-48)47-39(50)27-5-4-6-28(17-27)40(51)56-35(19-30-31(43)20-49(53)21-32(30)44)26-11-12-34(58-42(45)46)36(18-26)55-23-24-9-10-24/h2-8,11-12,17-18,20-21,24-25,35,37-38,42H,9-10,13-16,19,22-23H2,1H3,(H,47,50)/t35?,37-,38?/m0/s1. The molecule has 1 aliphatic carbocycles. The zero-order chi connectivity index (χ0) is 40.9. The molecule has 1 amide bonds. The summed E-state index contributed by atoms with van der Waals surface area (Å²) in [5.74, 6) is -1.47. The smallest absolute Gasteiger partial charge is 0.387 e. The van der Waals surface area contributed by atoms with Gasteiger partial charge in [0, 0.05) is 29.7 Å². The number of pyridine rings is 1. The van der Waals surface area contributed by atoms with Crippen LogP contribution in [-0.4, -0.2) is 68.8 Å². The summed E-state index contributed by atoms with van der Waals surface area (Å²) in [4.78, 5) is 44.0. The van der Waals surface area contributed by atoms with E-state index in [2.05, 4.69) is 10.2 Å². The largest absolute Gasteiger partial charge is 0.619 e. The van der Waals surface area contributed by atoms with Crippen molar-refractivity contribution in [1.82, 2.24) is 10.2 Å². The molecule has 8 rings (SSSR count). The van der Waals surface area contributed by atoms with Gasteiger partial charge < -0.3 is 34.2 Å². The van der Waals surface area contributed by atoms with Gasteiger partial charge in [-0.1, -0.05) is 53.5 Å². The topological polar surface area (TPSA) is 140 Å². The van der Waals surface area contributed by atoms with Crippen LogP contribution in [0.2, 0.25) is 10.0 Å².